The largest absolute Gasteiger partial charge is 0.454 e. The van der Waals surface area contributed by atoms with E-state index in [1.807, 2.05) is 0 Å². The third-order valence-corrected chi connectivity index (χ3v) is 2.51. The van der Waals surface area contributed by atoms with Crippen molar-refractivity contribution in [2.24, 2.45) is 0 Å². The first kappa shape index (κ1) is 12.5. The maximum atomic E-state index is 12.4. The van der Waals surface area contributed by atoms with Gasteiger partial charge in [-0.15, -0.1) is 0 Å². The van der Waals surface area contributed by atoms with Crippen LogP contribution in [-0.4, -0.2) is 22.8 Å². The number of Topliss-reactive ketones (excluding diaryl/α,β-unsaturated/α-hetero) is 1. The van der Waals surface area contributed by atoms with Gasteiger partial charge < -0.3 is 4.74 Å². The van der Waals surface area contributed by atoms with E-state index < -0.39 is 29.7 Å². The second-order valence-electron chi connectivity index (χ2n) is 3.85. The van der Waals surface area contributed by atoms with Gasteiger partial charge in [-0.05, 0) is 12.1 Å². The molecule has 1 atom stereocenters. The van der Waals surface area contributed by atoms with E-state index in [-0.39, 0.29) is 17.7 Å². The molecule has 1 aromatic rings. The summed E-state index contributed by atoms with van der Waals surface area (Å²) in [6.45, 7) is 1.13. The van der Waals surface area contributed by atoms with Crippen LogP contribution in [0.5, 0.6) is 0 Å². The normalized spacial score (nSPS) is 18.7. The van der Waals surface area contributed by atoms with Crippen LogP contribution in [0, 0.1) is 0 Å². The molecule has 7 heteroatoms. The van der Waals surface area contributed by atoms with Gasteiger partial charge in [-0.1, -0.05) is 0 Å². The van der Waals surface area contributed by atoms with Gasteiger partial charge in [0.2, 0.25) is 5.78 Å². The van der Waals surface area contributed by atoms with Crippen molar-refractivity contribution in [2.45, 2.75) is 25.6 Å². The first-order valence-corrected chi connectivity index (χ1v) is 5.07. The van der Waals surface area contributed by atoms with Crippen LogP contribution in [0.3, 0.4) is 0 Å². The molecule has 0 aliphatic heterocycles. The number of carbonyl (C=O) groups is 2. The average Bonchev–Trinajstić information content (AvgIpc) is 2.53. The van der Waals surface area contributed by atoms with Crippen molar-refractivity contribution in [1.29, 1.82) is 0 Å². The minimum atomic E-state index is -4.56. The molecule has 1 unspecified atom stereocenters. The number of hydrogen-bond acceptors (Lipinski definition) is 4. The lowest BCUT2D eigenvalue weighted by Gasteiger charge is -2.06. The lowest BCUT2D eigenvalue weighted by Crippen LogP contribution is -2.22. The Bertz CT molecular complexity index is 525. The summed E-state index contributed by atoms with van der Waals surface area (Å²) in [7, 11) is 0. The first-order valence-electron chi connectivity index (χ1n) is 5.07. The second-order valence-corrected chi connectivity index (χ2v) is 3.85. The van der Waals surface area contributed by atoms with Crippen LogP contribution < -0.4 is 0 Å². The summed E-state index contributed by atoms with van der Waals surface area (Å²) in [5.41, 5.74) is -0.965. The number of pyridine rings is 1. The molecule has 1 aromatic heterocycles. The molecule has 0 radical (unpaired) electrons. The number of alkyl halides is 3. The third kappa shape index (κ3) is 2.20. The highest BCUT2D eigenvalue weighted by molar-refractivity contribution is 6.04. The van der Waals surface area contributed by atoms with Crippen molar-refractivity contribution in [3.8, 4) is 0 Å². The van der Waals surface area contributed by atoms with Gasteiger partial charge >= 0.3 is 12.1 Å². The van der Waals surface area contributed by atoms with E-state index in [9.17, 15) is 22.8 Å². The number of esters is 1. The van der Waals surface area contributed by atoms with Crippen molar-refractivity contribution < 1.29 is 27.5 Å². The van der Waals surface area contributed by atoms with Crippen LogP contribution >= 0.6 is 0 Å². The molecule has 1 aliphatic carbocycles. The molecule has 0 N–H and O–H groups in total. The zero-order valence-corrected chi connectivity index (χ0v) is 9.25. The molecule has 0 aromatic carbocycles. The quantitative estimate of drug-likeness (QED) is 0.721. The highest BCUT2D eigenvalue weighted by Gasteiger charge is 2.38. The molecular weight excluding hydrogens is 251 g/mol. The molecule has 0 saturated heterocycles. The van der Waals surface area contributed by atoms with Crippen LogP contribution in [0.15, 0.2) is 12.1 Å². The molecule has 1 heterocycles. The standard InChI is InChI=1S/C11H8F3NO3/c1-5(16)18-8-4-7-6(10(8)17)2-3-9(15-7)11(12,13)14/h2-3,8H,4H2,1H3. The van der Waals surface area contributed by atoms with E-state index >= 15 is 0 Å². The number of carbonyl (C=O) groups excluding carboxylic acids is 2. The van der Waals surface area contributed by atoms with Crippen molar-refractivity contribution in [3.05, 3.63) is 29.1 Å². The summed E-state index contributed by atoms with van der Waals surface area (Å²) >= 11 is 0. The van der Waals surface area contributed by atoms with Gasteiger partial charge in [0.1, 0.15) is 5.69 Å². The molecule has 2 rings (SSSR count). The summed E-state index contributed by atoms with van der Waals surface area (Å²) < 4.78 is 42.0. The van der Waals surface area contributed by atoms with Crippen LogP contribution in [0.2, 0.25) is 0 Å². The molecule has 0 bridgehead atoms. The summed E-state index contributed by atoms with van der Waals surface area (Å²) in [6.07, 6.45) is -5.73. The number of nitrogens with zero attached hydrogens (tertiary/aromatic N) is 1. The first-order chi connectivity index (χ1) is 8.29. The molecule has 0 saturated carbocycles. The fourth-order valence-electron chi connectivity index (χ4n) is 1.78. The molecule has 18 heavy (non-hydrogen) atoms. The van der Waals surface area contributed by atoms with Gasteiger partial charge in [-0.2, -0.15) is 13.2 Å². The minimum Gasteiger partial charge on any atom is -0.454 e. The maximum absolute atomic E-state index is 12.4. The summed E-state index contributed by atoms with van der Waals surface area (Å²) in [4.78, 5) is 25.8. The molecule has 1 aliphatic rings. The Hall–Kier alpha value is -1.92. The topological polar surface area (TPSA) is 56.3 Å². The van der Waals surface area contributed by atoms with Crippen LogP contribution in [0.1, 0.15) is 28.7 Å². The van der Waals surface area contributed by atoms with E-state index in [1.54, 1.807) is 0 Å². The minimum absolute atomic E-state index is 0.0149. The molecule has 96 valence electrons. The fourth-order valence-corrected chi connectivity index (χ4v) is 1.78. The SMILES string of the molecule is CC(=O)OC1Cc2nc(C(F)(F)F)ccc2C1=O. The number of rotatable bonds is 1. The van der Waals surface area contributed by atoms with E-state index in [0.29, 0.717) is 0 Å². The Kier molecular flexibility index (Phi) is 2.84. The molecule has 0 spiro atoms. The Morgan fingerprint density at radius 3 is 2.67 bits per heavy atom. The summed E-state index contributed by atoms with van der Waals surface area (Å²) in [5.74, 6) is -1.17. The maximum Gasteiger partial charge on any atom is 0.433 e. The fraction of sp³-hybridized carbons (Fsp3) is 0.364. The van der Waals surface area contributed by atoms with Crippen molar-refractivity contribution >= 4 is 11.8 Å². The van der Waals surface area contributed by atoms with Crippen LogP contribution in [0.25, 0.3) is 0 Å². The van der Waals surface area contributed by atoms with Gasteiger partial charge in [0.25, 0.3) is 0 Å². The number of fused-ring (bicyclic) bond motifs is 1. The Labute approximate surface area is 99.8 Å². The van der Waals surface area contributed by atoms with Crippen LogP contribution in [0.4, 0.5) is 13.2 Å². The summed E-state index contributed by atoms with van der Waals surface area (Å²) in [5, 5.41) is 0. The highest BCUT2D eigenvalue weighted by Crippen LogP contribution is 2.31. The van der Waals surface area contributed by atoms with Gasteiger partial charge in [0.05, 0.1) is 5.69 Å². The Morgan fingerprint density at radius 1 is 1.44 bits per heavy atom. The molecular formula is C11H8F3NO3. The van der Waals surface area contributed by atoms with Gasteiger partial charge in [0.15, 0.2) is 6.10 Å². The average molecular weight is 259 g/mol. The number of ether oxygens (including phenoxy) is 1. The smallest absolute Gasteiger partial charge is 0.433 e. The number of halogens is 3. The van der Waals surface area contributed by atoms with Crippen molar-refractivity contribution in [3.63, 3.8) is 0 Å². The van der Waals surface area contributed by atoms with Crippen LogP contribution in [-0.2, 0) is 22.1 Å². The highest BCUT2D eigenvalue weighted by atomic mass is 19.4. The van der Waals surface area contributed by atoms with E-state index in [0.717, 1.165) is 19.1 Å². The number of aromatic nitrogens is 1. The summed E-state index contributed by atoms with van der Waals surface area (Å²) in [6, 6.07) is 1.81. The predicted octanol–water partition coefficient (Wildman–Crippen LogP) is 1.77. The Morgan fingerprint density at radius 2 is 2.11 bits per heavy atom. The zero-order chi connectivity index (χ0) is 13.5. The van der Waals surface area contributed by atoms with Crippen molar-refractivity contribution in [1.82, 2.24) is 4.98 Å². The molecule has 0 amide bonds. The van der Waals surface area contributed by atoms with E-state index in [2.05, 4.69) is 4.98 Å². The lowest BCUT2D eigenvalue weighted by molar-refractivity contribution is -0.144. The number of ketones is 1. The lowest BCUT2D eigenvalue weighted by atomic mass is 10.2. The van der Waals surface area contributed by atoms with Gasteiger partial charge in [0, 0.05) is 18.9 Å². The second kappa shape index (κ2) is 4.08. The van der Waals surface area contributed by atoms with Gasteiger partial charge in [-0.3, -0.25) is 9.59 Å². The number of hydrogen-bond donors (Lipinski definition) is 0. The zero-order valence-electron chi connectivity index (χ0n) is 9.25. The van der Waals surface area contributed by atoms with Gasteiger partial charge in [-0.25, -0.2) is 4.98 Å². The molecule has 0 fully saturated rings. The van der Waals surface area contributed by atoms with Crippen molar-refractivity contribution in [2.75, 3.05) is 0 Å². The third-order valence-electron chi connectivity index (χ3n) is 2.51. The molecule has 4 nitrogen and oxygen atoms in total. The Balaban J connectivity index is 2.32. The monoisotopic (exact) mass is 259 g/mol. The predicted molar refractivity (Wildman–Crippen MR) is 52.8 cm³/mol. The van der Waals surface area contributed by atoms with E-state index in [1.165, 1.54) is 0 Å². The van der Waals surface area contributed by atoms with E-state index in [4.69, 9.17) is 4.74 Å².